The molecule has 0 amide bonds. The lowest BCUT2D eigenvalue weighted by Gasteiger charge is -2.16. The third kappa shape index (κ3) is 2.85. The number of hydrogen-bond donors (Lipinski definition) is 1. The Bertz CT molecular complexity index is 735. The summed E-state index contributed by atoms with van der Waals surface area (Å²) < 4.78 is 1.18. The summed E-state index contributed by atoms with van der Waals surface area (Å²) >= 11 is 1.66. The van der Waals surface area contributed by atoms with E-state index in [1.807, 2.05) is 18.2 Å². The van der Waals surface area contributed by atoms with Crippen LogP contribution in [-0.2, 0) is 6.42 Å². The van der Waals surface area contributed by atoms with Gasteiger partial charge in [-0.1, -0.05) is 29.8 Å². The highest BCUT2D eigenvalue weighted by Gasteiger charge is 2.16. The minimum atomic E-state index is -0.494. The zero-order valence-corrected chi connectivity index (χ0v) is 13.4. The molecule has 1 aromatic heterocycles. The van der Waals surface area contributed by atoms with Gasteiger partial charge >= 0.3 is 0 Å². The molecular formula is C18H19NOS. The molecule has 2 aromatic carbocycles. The first kappa shape index (κ1) is 14.2. The van der Waals surface area contributed by atoms with Crippen molar-refractivity contribution < 1.29 is 5.11 Å². The molecule has 0 saturated carbocycles. The zero-order valence-electron chi connectivity index (χ0n) is 12.6. The Balaban J connectivity index is 1.91. The van der Waals surface area contributed by atoms with Crippen LogP contribution in [0.15, 0.2) is 36.4 Å². The van der Waals surface area contributed by atoms with Crippen LogP contribution in [-0.4, -0.2) is 10.1 Å². The number of nitrogens with zero attached hydrogens (tertiary/aromatic N) is 1. The van der Waals surface area contributed by atoms with E-state index in [0.717, 1.165) is 27.2 Å². The van der Waals surface area contributed by atoms with Crippen LogP contribution in [0.3, 0.4) is 0 Å². The van der Waals surface area contributed by atoms with Crippen molar-refractivity contribution >= 4 is 21.6 Å². The van der Waals surface area contributed by atoms with Crippen molar-refractivity contribution in [3.8, 4) is 0 Å². The Morgan fingerprint density at radius 1 is 1.10 bits per heavy atom. The molecule has 0 aliphatic rings. The number of aromatic nitrogens is 1. The molecule has 1 unspecified atom stereocenters. The van der Waals surface area contributed by atoms with Crippen LogP contribution in [0.4, 0.5) is 0 Å². The predicted octanol–water partition coefficient (Wildman–Crippen LogP) is 4.50. The van der Waals surface area contributed by atoms with E-state index in [1.54, 1.807) is 11.3 Å². The van der Waals surface area contributed by atoms with E-state index in [9.17, 15) is 5.11 Å². The standard InChI is InChI=1S/C18H19NOS/c1-11-8-12(2)18(13(3)9-11)15(20)10-17-19-14-6-4-5-7-16(14)21-17/h4-9,15,20H,10H2,1-3H3. The van der Waals surface area contributed by atoms with Crippen molar-refractivity contribution in [1.82, 2.24) is 4.98 Å². The Morgan fingerprint density at radius 2 is 1.76 bits per heavy atom. The maximum absolute atomic E-state index is 10.6. The molecule has 0 radical (unpaired) electrons. The second kappa shape index (κ2) is 5.58. The first-order chi connectivity index (χ1) is 10.0. The molecule has 3 rings (SSSR count). The summed E-state index contributed by atoms with van der Waals surface area (Å²) in [5, 5.41) is 11.6. The molecule has 3 heteroatoms. The van der Waals surface area contributed by atoms with Crippen LogP contribution < -0.4 is 0 Å². The molecule has 0 aliphatic carbocycles. The van der Waals surface area contributed by atoms with E-state index in [2.05, 4.69) is 44.0 Å². The van der Waals surface area contributed by atoms with Crippen LogP contribution in [0.1, 0.15) is 33.4 Å². The van der Waals surface area contributed by atoms with Crippen LogP contribution in [0.5, 0.6) is 0 Å². The minimum Gasteiger partial charge on any atom is -0.388 e. The Kier molecular flexibility index (Phi) is 3.79. The van der Waals surface area contributed by atoms with Crippen LogP contribution in [0, 0.1) is 20.8 Å². The van der Waals surface area contributed by atoms with Crippen molar-refractivity contribution in [2.75, 3.05) is 0 Å². The van der Waals surface area contributed by atoms with Gasteiger partial charge in [0.25, 0.3) is 0 Å². The molecule has 2 nitrogen and oxygen atoms in total. The lowest BCUT2D eigenvalue weighted by Crippen LogP contribution is -2.06. The number of benzene rings is 2. The number of para-hydroxylation sites is 1. The molecule has 21 heavy (non-hydrogen) atoms. The lowest BCUT2D eigenvalue weighted by atomic mass is 9.94. The van der Waals surface area contributed by atoms with E-state index in [0.29, 0.717) is 6.42 Å². The molecule has 0 spiro atoms. The van der Waals surface area contributed by atoms with Crippen LogP contribution in [0.2, 0.25) is 0 Å². The SMILES string of the molecule is Cc1cc(C)c(C(O)Cc2nc3ccccc3s2)c(C)c1. The van der Waals surface area contributed by atoms with Gasteiger partial charge in [0.2, 0.25) is 0 Å². The average molecular weight is 297 g/mol. The second-order valence-corrected chi connectivity index (χ2v) is 6.72. The van der Waals surface area contributed by atoms with Crippen molar-refractivity contribution in [2.24, 2.45) is 0 Å². The quantitative estimate of drug-likeness (QED) is 0.772. The molecule has 0 fully saturated rings. The highest BCUT2D eigenvalue weighted by molar-refractivity contribution is 7.18. The van der Waals surface area contributed by atoms with Gasteiger partial charge in [0.15, 0.2) is 0 Å². The Labute approximate surface area is 129 Å². The summed E-state index contributed by atoms with van der Waals surface area (Å²) in [7, 11) is 0. The number of thiazole rings is 1. The lowest BCUT2D eigenvalue weighted by molar-refractivity contribution is 0.177. The average Bonchev–Trinajstić information content (AvgIpc) is 2.79. The van der Waals surface area contributed by atoms with E-state index in [-0.39, 0.29) is 0 Å². The summed E-state index contributed by atoms with van der Waals surface area (Å²) in [4.78, 5) is 4.61. The fourth-order valence-corrected chi connectivity index (χ4v) is 4.00. The van der Waals surface area contributed by atoms with Gasteiger partial charge in [-0.15, -0.1) is 11.3 Å². The monoisotopic (exact) mass is 297 g/mol. The van der Waals surface area contributed by atoms with Gasteiger partial charge in [0.05, 0.1) is 21.3 Å². The Hall–Kier alpha value is -1.71. The number of aryl methyl sites for hydroxylation is 3. The van der Waals surface area contributed by atoms with E-state index < -0.39 is 6.10 Å². The fourth-order valence-electron chi connectivity index (χ4n) is 2.99. The molecule has 0 bridgehead atoms. The largest absolute Gasteiger partial charge is 0.388 e. The summed E-state index contributed by atoms with van der Waals surface area (Å²) in [6.45, 7) is 6.22. The molecule has 1 atom stereocenters. The van der Waals surface area contributed by atoms with Crippen molar-refractivity contribution in [3.05, 3.63) is 63.7 Å². The summed E-state index contributed by atoms with van der Waals surface area (Å²) in [5.41, 5.74) is 5.60. The third-order valence-corrected chi connectivity index (χ3v) is 4.84. The van der Waals surface area contributed by atoms with E-state index >= 15 is 0 Å². The second-order valence-electron chi connectivity index (χ2n) is 5.61. The third-order valence-electron chi connectivity index (χ3n) is 3.78. The summed E-state index contributed by atoms with van der Waals surface area (Å²) in [5.74, 6) is 0. The maximum atomic E-state index is 10.6. The van der Waals surface area contributed by atoms with Gasteiger partial charge in [0.1, 0.15) is 0 Å². The van der Waals surface area contributed by atoms with Gasteiger partial charge in [-0.25, -0.2) is 4.98 Å². The van der Waals surface area contributed by atoms with E-state index in [4.69, 9.17) is 0 Å². The number of hydrogen-bond acceptors (Lipinski definition) is 3. The fraction of sp³-hybridized carbons (Fsp3) is 0.278. The molecule has 1 heterocycles. The molecular weight excluding hydrogens is 278 g/mol. The number of fused-ring (bicyclic) bond motifs is 1. The summed E-state index contributed by atoms with van der Waals surface area (Å²) in [6.07, 6.45) is 0.0792. The molecule has 3 aromatic rings. The number of aliphatic hydroxyl groups is 1. The van der Waals surface area contributed by atoms with Gasteiger partial charge < -0.3 is 5.11 Å². The van der Waals surface area contributed by atoms with Gasteiger partial charge in [-0.2, -0.15) is 0 Å². The normalized spacial score (nSPS) is 12.8. The first-order valence-electron chi connectivity index (χ1n) is 7.15. The molecule has 0 aliphatic heterocycles. The summed E-state index contributed by atoms with van der Waals surface area (Å²) in [6, 6.07) is 12.4. The van der Waals surface area contributed by atoms with Crippen LogP contribution in [0.25, 0.3) is 10.2 Å². The minimum absolute atomic E-state index is 0.494. The Morgan fingerprint density at radius 3 is 2.43 bits per heavy atom. The zero-order chi connectivity index (χ0) is 15.0. The van der Waals surface area contributed by atoms with Crippen molar-refractivity contribution in [1.29, 1.82) is 0 Å². The van der Waals surface area contributed by atoms with Gasteiger partial charge in [-0.05, 0) is 49.6 Å². The predicted molar refractivity (Wildman–Crippen MR) is 88.9 cm³/mol. The highest BCUT2D eigenvalue weighted by Crippen LogP contribution is 2.29. The van der Waals surface area contributed by atoms with Crippen molar-refractivity contribution in [3.63, 3.8) is 0 Å². The maximum Gasteiger partial charge on any atom is 0.0967 e. The molecule has 108 valence electrons. The van der Waals surface area contributed by atoms with Gasteiger partial charge in [0, 0.05) is 6.42 Å². The molecule has 1 N–H and O–H groups in total. The number of rotatable bonds is 3. The van der Waals surface area contributed by atoms with Crippen molar-refractivity contribution in [2.45, 2.75) is 33.3 Å². The van der Waals surface area contributed by atoms with E-state index in [1.165, 1.54) is 10.3 Å². The highest BCUT2D eigenvalue weighted by atomic mass is 32.1. The van der Waals surface area contributed by atoms with Gasteiger partial charge in [-0.3, -0.25) is 0 Å². The smallest absolute Gasteiger partial charge is 0.0967 e. The topological polar surface area (TPSA) is 33.1 Å². The molecule has 0 saturated heterocycles. The first-order valence-corrected chi connectivity index (χ1v) is 7.96. The number of aliphatic hydroxyl groups excluding tert-OH is 1. The van der Waals surface area contributed by atoms with Crippen LogP contribution >= 0.6 is 11.3 Å².